The zero-order valence-electron chi connectivity index (χ0n) is 19.5. The van der Waals surface area contributed by atoms with Crippen LogP contribution in [0.4, 0.5) is 5.69 Å². The maximum absolute atomic E-state index is 14.1. The molecule has 0 amide bonds. The van der Waals surface area contributed by atoms with Crippen molar-refractivity contribution in [3.63, 3.8) is 0 Å². The molecule has 1 unspecified atom stereocenters. The number of ether oxygens (including phenoxy) is 1. The molecule has 1 N–H and O–H groups in total. The van der Waals surface area contributed by atoms with Gasteiger partial charge in [-0.3, -0.25) is 9.59 Å². The summed E-state index contributed by atoms with van der Waals surface area (Å²) in [6.07, 6.45) is 3.73. The summed E-state index contributed by atoms with van der Waals surface area (Å²) in [5, 5.41) is 10.4. The number of allylic oxidation sites excluding steroid dienone is 1. The van der Waals surface area contributed by atoms with E-state index in [1.165, 1.54) is 0 Å². The number of fused-ring (bicyclic) bond motifs is 1. The number of aliphatic carboxylic acids is 1. The number of ketones is 1. The molecule has 0 aromatic heterocycles. The number of carbonyl (C=O) groups is 2. The highest BCUT2D eigenvalue weighted by Crippen LogP contribution is 2.41. The van der Waals surface area contributed by atoms with E-state index < -0.39 is 17.2 Å². The second-order valence-corrected chi connectivity index (χ2v) is 8.36. The number of hydrogen-bond acceptors (Lipinski definition) is 4. The number of nitrogens with zero attached hydrogens (tertiary/aromatic N) is 1. The molecule has 0 spiro atoms. The molecular formula is C29H29NO4. The Bertz CT molecular complexity index is 1210. The minimum atomic E-state index is -1.70. The second kappa shape index (κ2) is 9.96. The second-order valence-electron chi connectivity index (χ2n) is 8.36. The van der Waals surface area contributed by atoms with Crippen LogP contribution >= 0.6 is 0 Å². The fraction of sp³-hybridized carbons (Fsp3) is 0.241. The van der Waals surface area contributed by atoms with Gasteiger partial charge in [-0.25, -0.2) is 0 Å². The number of Topliss-reactive ketones (excluding diaryl/α,β-unsaturated/α-hetero) is 1. The minimum Gasteiger partial charge on any atom is -0.488 e. The van der Waals surface area contributed by atoms with E-state index in [1.807, 2.05) is 60.7 Å². The Morgan fingerprint density at radius 3 is 2.38 bits per heavy atom. The molecule has 0 saturated heterocycles. The first-order valence-corrected chi connectivity index (χ1v) is 11.6. The number of benzene rings is 3. The molecule has 4 rings (SSSR count). The van der Waals surface area contributed by atoms with Crippen LogP contribution in [-0.4, -0.2) is 29.9 Å². The highest BCUT2D eigenvalue weighted by atomic mass is 16.5. The molecule has 1 aliphatic rings. The third kappa shape index (κ3) is 4.21. The van der Waals surface area contributed by atoms with Crippen molar-refractivity contribution < 1.29 is 19.4 Å². The van der Waals surface area contributed by atoms with Crippen LogP contribution < -0.4 is 9.64 Å². The third-order valence-corrected chi connectivity index (χ3v) is 6.47. The van der Waals surface area contributed by atoms with Crippen LogP contribution in [0.5, 0.6) is 5.75 Å². The molecule has 5 heteroatoms. The first kappa shape index (κ1) is 23.3. The van der Waals surface area contributed by atoms with Gasteiger partial charge in [-0.15, -0.1) is 0 Å². The van der Waals surface area contributed by atoms with Crippen LogP contribution in [0.25, 0.3) is 6.08 Å². The molecular weight excluding hydrogens is 426 g/mol. The van der Waals surface area contributed by atoms with Gasteiger partial charge in [-0.1, -0.05) is 66.7 Å². The molecule has 1 aliphatic carbocycles. The topological polar surface area (TPSA) is 66.8 Å². The normalized spacial score (nSPS) is 16.5. The number of carboxylic acid groups (broad SMARTS) is 1. The Labute approximate surface area is 200 Å². The van der Waals surface area contributed by atoms with E-state index in [2.05, 4.69) is 18.7 Å². The predicted octanol–water partition coefficient (Wildman–Crippen LogP) is 5.73. The lowest BCUT2D eigenvalue weighted by Crippen LogP contribution is -2.45. The number of carboxylic acids is 1. The summed E-state index contributed by atoms with van der Waals surface area (Å²) >= 11 is 0. The number of rotatable bonds is 9. The third-order valence-electron chi connectivity index (χ3n) is 6.47. The quantitative estimate of drug-likeness (QED) is 0.329. The number of anilines is 1. The van der Waals surface area contributed by atoms with Crippen molar-refractivity contribution in [3.8, 4) is 5.75 Å². The predicted molar refractivity (Wildman–Crippen MR) is 135 cm³/mol. The van der Waals surface area contributed by atoms with Crippen molar-refractivity contribution in [1.82, 2.24) is 0 Å². The monoisotopic (exact) mass is 455 g/mol. The first-order chi connectivity index (χ1) is 16.5. The van der Waals surface area contributed by atoms with Gasteiger partial charge >= 0.3 is 5.97 Å². The summed E-state index contributed by atoms with van der Waals surface area (Å²) in [6, 6.07) is 22.3. The van der Waals surface area contributed by atoms with Crippen LogP contribution in [-0.2, 0) is 16.8 Å². The summed E-state index contributed by atoms with van der Waals surface area (Å²) < 4.78 is 6.17. The van der Waals surface area contributed by atoms with Crippen molar-refractivity contribution >= 4 is 23.5 Å². The molecule has 0 heterocycles. The van der Waals surface area contributed by atoms with Gasteiger partial charge in [0.05, 0.1) is 5.56 Å². The summed E-state index contributed by atoms with van der Waals surface area (Å²) in [5.74, 6) is -1.23. The Morgan fingerprint density at radius 1 is 0.971 bits per heavy atom. The van der Waals surface area contributed by atoms with E-state index in [9.17, 15) is 14.7 Å². The lowest BCUT2D eigenvalue weighted by molar-refractivity contribution is -0.141. The molecule has 0 radical (unpaired) electrons. The highest BCUT2D eigenvalue weighted by molar-refractivity contribution is 6.19. The molecule has 3 aromatic carbocycles. The molecule has 0 bridgehead atoms. The molecule has 0 fully saturated rings. The van der Waals surface area contributed by atoms with Crippen molar-refractivity contribution in [2.45, 2.75) is 32.3 Å². The van der Waals surface area contributed by atoms with Crippen LogP contribution in [0.1, 0.15) is 47.3 Å². The van der Waals surface area contributed by atoms with Gasteiger partial charge in [-0.05, 0) is 49.1 Å². The molecule has 174 valence electrons. The van der Waals surface area contributed by atoms with E-state index >= 15 is 0 Å². The lowest BCUT2D eigenvalue weighted by Gasteiger charge is -2.32. The van der Waals surface area contributed by atoms with Crippen LogP contribution in [0.15, 0.2) is 78.9 Å². The summed E-state index contributed by atoms with van der Waals surface area (Å²) in [5.41, 5.74) is 1.73. The lowest BCUT2D eigenvalue weighted by atomic mass is 9.68. The Kier molecular flexibility index (Phi) is 6.82. The van der Waals surface area contributed by atoms with Gasteiger partial charge in [0.15, 0.2) is 11.2 Å². The van der Waals surface area contributed by atoms with Gasteiger partial charge in [0.1, 0.15) is 12.4 Å². The number of hydrogen-bond donors (Lipinski definition) is 1. The SMILES string of the molecule is CCN(CC)c1ccc(C(=O)C2(C(=O)O)CC=Cc3ccccc32)c(OCc2ccccc2)c1. The van der Waals surface area contributed by atoms with Crippen molar-refractivity contribution in [1.29, 1.82) is 0 Å². The van der Waals surface area contributed by atoms with E-state index in [-0.39, 0.29) is 18.6 Å². The zero-order chi connectivity index (χ0) is 24.1. The summed E-state index contributed by atoms with van der Waals surface area (Å²) in [6.45, 7) is 6.02. The first-order valence-electron chi connectivity index (χ1n) is 11.6. The van der Waals surface area contributed by atoms with Crippen LogP contribution in [0.3, 0.4) is 0 Å². The van der Waals surface area contributed by atoms with Gasteiger partial charge in [-0.2, -0.15) is 0 Å². The maximum Gasteiger partial charge on any atom is 0.322 e. The van der Waals surface area contributed by atoms with E-state index in [0.29, 0.717) is 11.3 Å². The van der Waals surface area contributed by atoms with Crippen LogP contribution in [0.2, 0.25) is 0 Å². The summed E-state index contributed by atoms with van der Waals surface area (Å²) in [7, 11) is 0. The average Bonchev–Trinajstić information content (AvgIpc) is 2.88. The molecule has 1 atom stereocenters. The van der Waals surface area contributed by atoms with E-state index in [4.69, 9.17) is 4.74 Å². The van der Waals surface area contributed by atoms with Crippen LogP contribution in [0, 0.1) is 0 Å². The smallest absolute Gasteiger partial charge is 0.322 e. The molecule has 0 saturated carbocycles. The standard InChI is InChI=1S/C29H29NO4/c1-3-30(4-2)23-16-17-24(26(19-23)34-20-21-11-6-5-7-12-21)27(31)29(28(32)33)18-10-14-22-13-8-9-15-25(22)29/h5-17,19H,3-4,18,20H2,1-2H3,(H,32,33). The number of carbonyl (C=O) groups excluding carboxylic acids is 1. The van der Waals surface area contributed by atoms with E-state index in [1.54, 1.807) is 24.3 Å². The Balaban J connectivity index is 1.81. The Hall–Kier alpha value is -3.86. The van der Waals surface area contributed by atoms with Gasteiger partial charge in [0.2, 0.25) is 0 Å². The fourth-order valence-corrected chi connectivity index (χ4v) is 4.59. The van der Waals surface area contributed by atoms with Crippen molar-refractivity contribution in [3.05, 3.63) is 101 Å². The van der Waals surface area contributed by atoms with Crippen molar-refractivity contribution in [2.24, 2.45) is 0 Å². The molecule has 5 nitrogen and oxygen atoms in total. The maximum atomic E-state index is 14.1. The summed E-state index contributed by atoms with van der Waals surface area (Å²) in [4.78, 5) is 28.9. The van der Waals surface area contributed by atoms with Gasteiger partial charge < -0.3 is 14.7 Å². The highest BCUT2D eigenvalue weighted by Gasteiger charge is 2.50. The molecule has 0 aliphatic heterocycles. The van der Waals surface area contributed by atoms with Gasteiger partial charge in [0.25, 0.3) is 0 Å². The molecule has 34 heavy (non-hydrogen) atoms. The van der Waals surface area contributed by atoms with E-state index in [0.717, 1.165) is 29.9 Å². The largest absolute Gasteiger partial charge is 0.488 e. The average molecular weight is 456 g/mol. The zero-order valence-corrected chi connectivity index (χ0v) is 19.5. The van der Waals surface area contributed by atoms with Gasteiger partial charge in [0, 0.05) is 24.8 Å². The van der Waals surface area contributed by atoms with Crippen molar-refractivity contribution in [2.75, 3.05) is 18.0 Å². The fourth-order valence-electron chi connectivity index (χ4n) is 4.59. The molecule has 3 aromatic rings. The Morgan fingerprint density at radius 2 is 1.68 bits per heavy atom. The minimum absolute atomic E-state index is 0.0914.